The van der Waals surface area contributed by atoms with Crippen LogP contribution in [0.15, 0.2) is 53.5 Å². The van der Waals surface area contributed by atoms with E-state index >= 15 is 0 Å². The van der Waals surface area contributed by atoms with Gasteiger partial charge in [0.05, 0.1) is 0 Å². The monoisotopic (exact) mass is 282 g/mol. The minimum Gasteiger partial charge on any atom is -1.00 e. The van der Waals surface area contributed by atoms with Crippen molar-refractivity contribution in [3.05, 3.63) is 70.8 Å². The molecule has 20 heavy (non-hydrogen) atoms. The van der Waals surface area contributed by atoms with Crippen LogP contribution in [-0.2, 0) is 13.1 Å². The van der Waals surface area contributed by atoms with Crippen LogP contribution in [0.25, 0.3) is 0 Å². The smallest absolute Gasteiger partial charge is 0.154 e. The normalized spacial score (nSPS) is 15.5. The van der Waals surface area contributed by atoms with Gasteiger partial charge in [-0.05, 0) is 11.1 Å². The summed E-state index contributed by atoms with van der Waals surface area (Å²) in [5.41, 5.74) is 4.59. The average molecular weight is 283 g/mol. The first-order chi connectivity index (χ1) is 9.33. The molecule has 0 aromatic heterocycles. The second-order valence-electron chi connectivity index (χ2n) is 4.95. The van der Waals surface area contributed by atoms with Gasteiger partial charge < -0.3 is 17.3 Å². The van der Waals surface area contributed by atoms with Crippen molar-refractivity contribution in [3.8, 4) is 0 Å². The molecular weight excluding hydrogens is 270 g/mol. The third-order valence-corrected chi connectivity index (χ3v) is 3.77. The summed E-state index contributed by atoms with van der Waals surface area (Å²) in [6, 6.07) is 16.4. The van der Waals surface area contributed by atoms with Crippen LogP contribution < -0.4 is 12.4 Å². The van der Waals surface area contributed by atoms with E-state index < -0.39 is 0 Å². The summed E-state index contributed by atoms with van der Waals surface area (Å²) in [7, 11) is 0. The molecule has 100 valence electrons. The van der Waals surface area contributed by atoms with E-state index in [0.717, 1.165) is 24.5 Å². The van der Waals surface area contributed by atoms with Crippen molar-refractivity contribution >= 4 is 11.7 Å². The lowest BCUT2D eigenvalue weighted by Crippen LogP contribution is -3.00. The second kappa shape index (κ2) is 4.76. The number of fused-ring (bicyclic) bond motifs is 4. The van der Waals surface area contributed by atoms with Gasteiger partial charge in [-0.15, -0.1) is 0 Å². The Kier molecular flexibility index (Phi) is 3.07. The molecule has 0 fully saturated rings. The number of nitrogens with one attached hydrogen (secondary N) is 1. The predicted molar refractivity (Wildman–Crippen MR) is 75.5 cm³/mol. The Morgan fingerprint density at radius 3 is 2.10 bits per heavy atom. The van der Waals surface area contributed by atoms with Crippen LogP contribution in [0.4, 0.5) is 0 Å². The number of nitrogens with zero attached hydrogens (tertiary/aromatic N) is 2. The Labute approximate surface area is 123 Å². The number of rotatable bonds is 0. The van der Waals surface area contributed by atoms with Crippen molar-refractivity contribution in [1.29, 1.82) is 5.41 Å². The minimum atomic E-state index is 0. The van der Waals surface area contributed by atoms with E-state index in [1.807, 2.05) is 24.3 Å². The van der Waals surface area contributed by atoms with Crippen molar-refractivity contribution in [2.45, 2.75) is 13.1 Å². The summed E-state index contributed by atoms with van der Waals surface area (Å²) < 4.78 is 0. The topological polar surface area (TPSA) is 39.5 Å². The lowest BCUT2D eigenvalue weighted by atomic mass is 10.1. The molecule has 2 heterocycles. The molecule has 0 spiro atoms. The van der Waals surface area contributed by atoms with Crippen LogP contribution in [0.3, 0.4) is 0 Å². The lowest BCUT2D eigenvalue weighted by molar-refractivity contribution is -0.00000404. The molecule has 1 N–H and O–H groups in total. The first-order valence-corrected chi connectivity index (χ1v) is 6.42. The Hall–Kier alpha value is -2.13. The van der Waals surface area contributed by atoms with E-state index in [9.17, 15) is 0 Å². The molecule has 0 saturated carbocycles. The third-order valence-electron chi connectivity index (χ3n) is 3.77. The standard InChI is InChI=1S/C16H13N3.ClH/c17-15-13-7-3-1-5-11(13)9-19-10-12-6-2-4-8-14(12)16(19)18-15;/h1-8,17H,9-10H2;1H/p-1. The van der Waals surface area contributed by atoms with Gasteiger partial charge in [0.15, 0.2) is 5.84 Å². The zero-order valence-corrected chi connectivity index (χ0v) is 11.6. The molecular formula is C16H13ClN3-. The van der Waals surface area contributed by atoms with E-state index in [-0.39, 0.29) is 12.4 Å². The second-order valence-corrected chi connectivity index (χ2v) is 4.95. The fraction of sp³-hybridized carbons (Fsp3) is 0.125. The Morgan fingerprint density at radius 2 is 1.40 bits per heavy atom. The SMILES string of the molecule is N=C1N=C2c3ccccc3CN2Cc2ccccc21.[Cl-]. The number of benzene rings is 2. The Balaban J connectivity index is 0.00000121. The zero-order chi connectivity index (χ0) is 12.8. The van der Waals surface area contributed by atoms with Crippen LogP contribution >= 0.6 is 0 Å². The highest BCUT2D eigenvalue weighted by Crippen LogP contribution is 2.28. The Bertz CT molecular complexity index is 721. The predicted octanol–water partition coefficient (Wildman–Crippen LogP) is -0.208. The minimum absolute atomic E-state index is 0. The van der Waals surface area contributed by atoms with Gasteiger partial charge in [-0.25, -0.2) is 4.99 Å². The molecule has 4 rings (SSSR count). The molecule has 0 unspecified atom stereocenters. The van der Waals surface area contributed by atoms with E-state index in [0.29, 0.717) is 5.84 Å². The number of aliphatic imine (C=N–C) groups is 1. The fourth-order valence-electron chi connectivity index (χ4n) is 2.85. The highest BCUT2D eigenvalue weighted by molar-refractivity contribution is 6.13. The molecule has 0 atom stereocenters. The van der Waals surface area contributed by atoms with Crippen LogP contribution in [0.5, 0.6) is 0 Å². The van der Waals surface area contributed by atoms with Gasteiger partial charge in [-0.1, -0.05) is 48.5 Å². The lowest BCUT2D eigenvalue weighted by Gasteiger charge is -2.17. The molecule has 0 radical (unpaired) electrons. The third kappa shape index (κ3) is 1.82. The summed E-state index contributed by atoms with van der Waals surface area (Å²) >= 11 is 0. The van der Waals surface area contributed by atoms with E-state index in [2.05, 4.69) is 34.2 Å². The number of hydrogen-bond donors (Lipinski definition) is 1. The molecule has 0 saturated heterocycles. The molecule has 0 amide bonds. The maximum absolute atomic E-state index is 8.19. The van der Waals surface area contributed by atoms with Gasteiger partial charge in [-0.2, -0.15) is 0 Å². The summed E-state index contributed by atoms with van der Waals surface area (Å²) in [5, 5.41) is 8.19. The quantitative estimate of drug-likeness (QED) is 0.714. The molecule has 2 aromatic rings. The molecule has 0 aliphatic carbocycles. The van der Waals surface area contributed by atoms with Crippen LogP contribution in [0.1, 0.15) is 22.3 Å². The fourth-order valence-corrected chi connectivity index (χ4v) is 2.85. The molecule has 2 aliphatic rings. The molecule has 0 bridgehead atoms. The van der Waals surface area contributed by atoms with Gasteiger partial charge in [0.25, 0.3) is 0 Å². The van der Waals surface area contributed by atoms with Crippen molar-refractivity contribution < 1.29 is 12.4 Å². The maximum Gasteiger partial charge on any atom is 0.154 e. The summed E-state index contributed by atoms with van der Waals surface area (Å²) in [6.07, 6.45) is 0. The average Bonchev–Trinajstić information content (AvgIpc) is 2.70. The van der Waals surface area contributed by atoms with Gasteiger partial charge in [0.1, 0.15) is 5.84 Å². The van der Waals surface area contributed by atoms with Gasteiger partial charge >= 0.3 is 0 Å². The number of halogens is 1. The van der Waals surface area contributed by atoms with Crippen molar-refractivity contribution in [3.63, 3.8) is 0 Å². The van der Waals surface area contributed by atoms with Gasteiger partial charge in [0, 0.05) is 24.2 Å². The van der Waals surface area contributed by atoms with E-state index in [1.165, 1.54) is 16.7 Å². The van der Waals surface area contributed by atoms with Crippen molar-refractivity contribution in [2.24, 2.45) is 4.99 Å². The molecule has 2 aromatic carbocycles. The van der Waals surface area contributed by atoms with Crippen molar-refractivity contribution in [1.82, 2.24) is 4.90 Å². The van der Waals surface area contributed by atoms with E-state index in [1.54, 1.807) is 0 Å². The van der Waals surface area contributed by atoms with Crippen LogP contribution in [-0.4, -0.2) is 16.6 Å². The molecule has 2 aliphatic heterocycles. The first kappa shape index (κ1) is 12.9. The summed E-state index contributed by atoms with van der Waals surface area (Å²) in [6.45, 7) is 1.71. The highest BCUT2D eigenvalue weighted by atomic mass is 35.5. The number of amidine groups is 2. The van der Waals surface area contributed by atoms with Crippen molar-refractivity contribution in [2.75, 3.05) is 0 Å². The van der Waals surface area contributed by atoms with Crippen LogP contribution in [0, 0.1) is 5.41 Å². The molecule has 3 nitrogen and oxygen atoms in total. The summed E-state index contributed by atoms with van der Waals surface area (Å²) in [4.78, 5) is 6.80. The first-order valence-electron chi connectivity index (χ1n) is 6.42. The van der Waals surface area contributed by atoms with Gasteiger partial charge in [-0.3, -0.25) is 5.41 Å². The zero-order valence-electron chi connectivity index (χ0n) is 10.8. The summed E-state index contributed by atoms with van der Waals surface area (Å²) in [5.74, 6) is 1.31. The van der Waals surface area contributed by atoms with E-state index in [4.69, 9.17) is 5.41 Å². The largest absolute Gasteiger partial charge is 1.00 e. The Morgan fingerprint density at radius 1 is 0.850 bits per heavy atom. The maximum atomic E-state index is 8.19. The van der Waals surface area contributed by atoms with Crippen LogP contribution in [0.2, 0.25) is 0 Å². The van der Waals surface area contributed by atoms with Gasteiger partial charge in [0.2, 0.25) is 0 Å². The highest BCUT2D eigenvalue weighted by Gasteiger charge is 2.28. The number of hydrogen-bond acceptors (Lipinski definition) is 2. The molecule has 4 heteroatoms.